The summed E-state index contributed by atoms with van der Waals surface area (Å²) in [4.78, 5) is 0. The van der Waals surface area contributed by atoms with Gasteiger partial charge in [0.05, 0.1) is 0 Å². The van der Waals surface area contributed by atoms with Gasteiger partial charge >= 0.3 is 0 Å². The van der Waals surface area contributed by atoms with Crippen molar-refractivity contribution in [2.45, 2.75) is 31.3 Å². The molecular formula is C13H17N. The van der Waals surface area contributed by atoms with Gasteiger partial charge in [0.1, 0.15) is 0 Å². The zero-order valence-corrected chi connectivity index (χ0v) is 8.39. The Labute approximate surface area is 85.6 Å². The van der Waals surface area contributed by atoms with Crippen molar-refractivity contribution in [2.75, 3.05) is 0 Å². The molecule has 74 valence electrons. The molecule has 1 heterocycles. The van der Waals surface area contributed by atoms with Gasteiger partial charge in [-0.15, -0.1) is 0 Å². The van der Waals surface area contributed by atoms with Gasteiger partial charge in [0.25, 0.3) is 0 Å². The second kappa shape index (κ2) is 3.39. The molecule has 0 aromatic carbocycles. The van der Waals surface area contributed by atoms with E-state index in [1.807, 2.05) is 0 Å². The van der Waals surface area contributed by atoms with Crippen molar-refractivity contribution in [1.29, 1.82) is 0 Å². The highest BCUT2D eigenvalue weighted by atomic mass is 15.0. The third-order valence-corrected chi connectivity index (χ3v) is 3.81. The SMILES string of the molecule is C1=CCC2NC3C=CCCC3C2C=C1. The first kappa shape index (κ1) is 8.49. The topological polar surface area (TPSA) is 12.0 Å². The monoisotopic (exact) mass is 187 g/mol. The van der Waals surface area contributed by atoms with Gasteiger partial charge in [-0.05, 0) is 31.1 Å². The van der Waals surface area contributed by atoms with Crippen LogP contribution in [0.1, 0.15) is 19.3 Å². The molecule has 1 saturated heterocycles. The Morgan fingerprint density at radius 1 is 1.07 bits per heavy atom. The summed E-state index contributed by atoms with van der Waals surface area (Å²) in [6.45, 7) is 0. The van der Waals surface area contributed by atoms with Crippen molar-refractivity contribution in [3.05, 3.63) is 36.5 Å². The van der Waals surface area contributed by atoms with Crippen LogP contribution < -0.4 is 5.32 Å². The predicted octanol–water partition coefficient (Wildman–Crippen LogP) is 2.43. The quantitative estimate of drug-likeness (QED) is 0.574. The lowest BCUT2D eigenvalue weighted by Gasteiger charge is -2.23. The van der Waals surface area contributed by atoms with Crippen LogP contribution in [0.5, 0.6) is 0 Å². The summed E-state index contributed by atoms with van der Waals surface area (Å²) >= 11 is 0. The van der Waals surface area contributed by atoms with Crippen LogP contribution in [0, 0.1) is 11.8 Å². The van der Waals surface area contributed by atoms with E-state index in [1.165, 1.54) is 19.3 Å². The van der Waals surface area contributed by atoms with Gasteiger partial charge in [0, 0.05) is 12.1 Å². The number of rotatable bonds is 0. The Hall–Kier alpha value is -0.820. The maximum absolute atomic E-state index is 3.75. The lowest BCUT2D eigenvalue weighted by atomic mass is 9.81. The Kier molecular flexibility index (Phi) is 2.06. The van der Waals surface area contributed by atoms with Gasteiger partial charge in [0.2, 0.25) is 0 Å². The largest absolute Gasteiger partial charge is 0.307 e. The summed E-state index contributed by atoms with van der Waals surface area (Å²) in [5.41, 5.74) is 0. The molecule has 1 fully saturated rings. The van der Waals surface area contributed by atoms with Gasteiger partial charge in [-0.25, -0.2) is 0 Å². The second-order valence-electron chi connectivity index (χ2n) is 4.59. The Morgan fingerprint density at radius 3 is 3.07 bits per heavy atom. The summed E-state index contributed by atoms with van der Waals surface area (Å²) in [6.07, 6.45) is 17.6. The maximum atomic E-state index is 3.75. The number of fused-ring (bicyclic) bond motifs is 3. The third-order valence-electron chi connectivity index (χ3n) is 3.81. The minimum absolute atomic E-state index is 0.648. The maximum Gasteiger partial charge on any atom is 0.0287 e. The van der Waals surface area contributed by atoms with Crippen molar-refractivity contribution in [2.24, 2.45) is 11.8 Å². The average Bonchev–Trinajstić information content (AvgIpc) is 2.42. The molecule has 1 N–H and O–H groups in total. The third kappa shape index (κ3) is 1.27. The fourth-order valence-corrected chi connectivity index (χ4v) is 3.12. The van der Waals surface area contributed by atoms with Crippen LogP contribution in [-0.4, -0.2) is 12.1 Å². The van der Waals surface area contributed by atoms with Crippen LogP contribution in [0.2, 0.25) is 0 Å². The molecule has 0 bridgehead atoms. The van der Waals surface area contributed by atoms with Gasteiger partial charge in [-0.1, -0.05) is 36.5 Å². The molecule has 4 atom stereocenters. The molecule has 0 spiro atoms. The molecular weight excluding hydrogens is 170 g/mol. The van der Waals surface area contributed by atoms with Crippen LogP contribution in [0.4, 0.5) is 0 Å². The highest BCUT2D eigenvalue weighted by molar-refractivity contribution is 5.20. The minimum atomic E-state index is 0.648. The first-order valence-electron chi connectivity index (χ1n) is 5.71. The lowest BCUT2D eigenvalue weighted by Crippen LogP contribution is -2.30. The minimum Gasteiger partial charge on any atom is -0.307 e. The Bertz CT molecular complexity index is 300. The van der Waals surface area contributed by atoms with E-state index < -0.39 is 0 Å². The highest BCUT2D eigenvalue weighted by Crippen LogP contribution is 2.37. The lowest BCUT2D eigenvalue weighted by molar-refractivity contribution is 0.389. The zero-order valence-electron chi connectivity index (χ0n) is 8.39. The molecule has 0 amide bonds. The number of hydrogen-bond acceptors (Lipinski definition) is 1. The van der Waals surface area contributed by atoms with Gasteiger partial charge in [-0.3, -0.25) is 0 Å². The second-order valence-corrected chi connectivity index (χ2v) is 4.59. The van der Waals surface area contributed by atoms with E-state index >= 15 is 0 Å². The summed E-state index contributed by atoms with van der Waals surface area (Å²) in [7, 11) is 0. The van der Waals surface area contributed by atoms with Gasteiger partial charge < -0.3 is 5.32 Å². The predicted molar refractivity (Wildman–Crippen MR) is 59.0 cm³/mol. The number of nitrogens with one attached hydrogen (secondary N) is 1. The van der Waals surface area contributed by atoms with Crippen molar-refractivity contribution in [3.8, 4) is 0 Å². The van der Waals surface area contributed by atoms with Crippen molar-refractivity contribution >= 4 is 0 Å². The highest BCUT2D eigenvalue weighted by Gasteiger charge is 2.40. The molecule has 3 aliphatic rings. The van der Waals surface area contributed by atoms with Crippen LogP contribution in [0.15, 0.2) is 36.5 Å². The molecule has 4 unspecified atom stereocenters. The van der Waals surface area contributed by atoms with Crippen LogP contribution in [0.3, 0.4) is 0 Å². The first-order chi connectivity index (χ1) is 6.95. The Morgan fingerprint density at radius 2 is 2.07 bits per heavy atom. The van der Waals surface area contributed by atoms with Crippen LogP contribution in [-0.2, 0) is 0 Å². The summed E-state index contributed by atoms with van der Waals surface area (Å²) in [5, 5.41) is 3.75. The molecule has 0 aromatic rings. The summed E-state index contributed by atoms with van der Waals surface area (Å²) in [6, 6.07) is 1.33. The molecule has 1 heteroatoms. The molecule has 2 aliphatic carbocycles. The normalized spacial score (nSPS) is 44.6. The number of hydrogen-bond donors (Lipinski definition) is 1. The molecule has 1 nitrogen and oxygen atoms in total. The van der Waals surface area contributed by atoms with E-state index in [4.69, 9.17) is 0 Å². The zero-order chi connectivity index (χ0) is 9.38. The van der Waals surface area contributed by atoms with Crippen molar-refractivity contribution in [1.82, 2.24) is 5.32 Å². The van der Waals surface area contributed by atoms with Gasteiger partial charge in [-0.2, -0.15) is 0 Å². The van der Waals surface area contributed by atoms with Crippen LogP contribution >= 0.6 is 0 Å². The van der Waals surface area contributed by atoms with E-state index in [9.17, 15) is 0 Å². The average molecular weight is 187 g/mol. The molecule has 3 rings (SSSR count). The Balaban J connectivity index is 1.87. The van der Waals surface area contributed by atoms with E-state index in [1.54, 1.807) is 0 Å². The molecule has 0 radical (unpaired) electrons. The van der Waals surface area contributed by atoms with Crippen molar-refractivity contribution < 1.29 is 0 Å². The fourth-order valence-electron chi connectivity index (χ4n) is 3.12. The molecule has 1 aliphatic heterocycles. The summed E-state index contributed by atoms with van der Waals surface area (Å²) in [5.74, 6) is 1.61. The van der Waals surface area contributed by atoms with Crippen molar-refractivity contribution in [3.63, 3.8) is 0 Å². The number of allylic oxidation sites excluding steroid dienone is 3. The summed E-state index contributed by atoms with van der Waals surface area (Å²) < 4.78 is 0. The standard InChI is InChI=1S/C13H17N/c1-2-6-10-11-7-4-5-9-13(11)14-12(10)8-3-1/h1-3,5-6,9-14H,4,7-8H2. The van der Waals surface area contributed by atoms with Crippen LogP contribution in [0.25, 0.3) is 0 Å². The van der Waals surface area contributed by atoms with E-state index in [0.717, 1.165) is 11.8 Å². The van der Waals surface area contributed by atoms with Gasteiger partial charge in [0.15, 0.2) is 0 Å². The van der Waals surface area contributed by atoms with E-state index in [-0.39, 0.29) is 0 Å². The molecule has 0 aromatic heterocycles. The van der Waals surface area contributed by atoms with E-state index in [0.29, 0.717) is 12.1 Å². The van der Waals surface area contributed by atoms with E-state index in [2.05, 4.69) is 41.8 Å². The smallest absolute Gasteiger partial charge is 0.0287 e. The molecule has 14 heavy (non-hydrogen) atoms. The fraction of sp³-hybridized carbons (Fsp3) is 0.538. The first-order valence-corrected chi connectivity index (χ1v) is 5.71. The molecule has 0 saturated carbocycles.